The maximum absolute atomic E-state index is 12.1. The number of aromatic nitrogens is 2. The standard InChI is InChI=1S/C14H14N2O4S/c1-9(17)11-12(10-7-5-4-6-8-10)15-16(2)14(18)13(11)21(3,19)20/h4-8H,1-3H3. The molecule has 21 heavy (non-hydrogen) atoms. The van der Waals surface area contributed by atoms with Gasteiger partial charge in [0.1, 0.15) is 10.6 Å². The Morgan fingerprint density at radius 2 is 1.76 bits per heavy atom. The van der Waals surface area contributed by atoms with Crippen molar-refractivity contribution in [2.75, 3.05) is 6.26 Å². The van der Waals surface area contributed by atoms with Crippen LogP contribution in [0.3, 0.4) is 0 Å². The number of Topliss-reactive ketones (excluding diaryl/α,β-unsaturated/α-hetero) is 1. The molecule has 2 rings (SSSR count). The smallest absolute Gasteiger partial charge is 0.286 e. The van der Waals surface area contributed by atoms with Crippen LogP contribution in [0.5, 0.6) is 0 Å². The van der Waals surface area contributed by atoms with Crippen molar-refractivity contribution in [3.05, 3.63) is 46.2 Å². The molecule has 0 atom stereocenters. The first-order chi connectivity index (χ1) is 9.73. The number of rotatable bonds is 3. The van der Waals surface area contributed by atoms with E-state index >= 15 is 0 Å². The highest BCUT2D eigenvalue weighted by Crippen LogP contribution is 2.24. The predicted octanol–water partition coefficient (Wildman–Crippen LogP) is 1.05. The van der Waals surface area contributed by atoms with Crippen molar-refractivity contribution in [2.45, 2.75) is 11.8 Å². The summed E-state index contributed by atoms with van der Waals surface area (Å²) in [7, 11) is -2.50. The third-order valence-electron chi connectivity index (χ3n) is 2.97. The molecule has 6 nitrogen and oxygen atoms in total. The molecule has 0 amide bonds. The fourth-order valence-corrected chi connectivity index (χ4v) is 3.14. The highest BCUT2D eigenvalue weighted by atomic mass is 32.2. The van der Waals surface area contributed by atoms with Crippen LogP contribution in [-0.4, -0.2) is 30.2 Å². The molecule has 0 unspecified atom stereocenters. The van der Waals surface area contributed by atoms with E-state index in [-0.39, 0.29) is 11.3 Å². The zero-order valence-electron chi connectivity index (χ0n) is 11.8. The van der Waals surface area contributed by atoms with Crippen LogP contribution in [0.15, 0.2) is 40.0 Å². The van der Waals surface area contributed by atoms with E-state index in [1.807, 2.05) is 0 Å². The van der Waals surface area contributed by atoms with E-state index in [4.69, 9.17) is 0 Å². The molecule has 0 N–H and O–H groups in total. The lowest BCUT2D eigenvalue weighted by Crippen LogP contribution is -2.29. The van der Waals surface area contributed by atoms with E-state index < -0.39 is 26.1 Å². The van der Waals surface area contributed by atoms with Crippen LogP contribution in [-0.2, 0) is 16.9 Å². The Bertz CT molecular complexity index is 868. The van der Waals surface area contributed by atoms with Gasteiger partial charge in [-0.05, 0) is 6.92 Å². The minimum atomic E-state index is -3.86. The summed E-state index contributed by atoms with van der Waals surface area (Å²) >= 11 is 0. The van der Waals surface area contributed by atoms with Gasteiger partial charge in [0.15, 0.2) is 15.6 Å². The monoisotopic (exact) mass is 306 g/mol. The summed E-state index contributed by atoms with van der Waals surface area (Å²) in [5, 5.41) is 4.06. The van der Waals surface area contributed by atoms with E-state index in [0.717, 1.165) is 10.9 Å². The molecule has 1 aromatic carbocycles. The van der Waals surface area contributed by atoms with Crippen LogP contribution in [0.25, 0.3) is 11.3 Å². The topological polar surface area (TPSA) is 86.1 Å². The Balaban J connectivity index is 3.01. The van der Waals surface area contributed by atoms with Gasteiger partial charge >= 0.3 is 0 Å². The molecule has 0 radical (unpaired) electrons. The second-order valence-electron chi connectivity index (χ2n) is 4.68. The fraction of sp³-hybridized carbons (Fsp3) is 0.214. The average Bonchev–Trinajstić information content (AvgIpc) is 2.40. The normalized spacial score (nSPS) is 11.4. The summed E-state index contributed by atoms with van der Waals surface area (Å²) in [6.45, 7) is 1.22. The van der Waals surface area contributed by atoms with Gasteiger partial charge in [0.25, 0.3) is 5.56 Å². The number of hydrogen-bond acceptors (Lipinski definition) is 5. The lowest BCUT2D eigenvalue weighted by molar-refractivity contribution is 0.101. The molecule has 110 valence electrons. The van der Waals surface area contributed by atoms with Gasteiger partial charge < -0.3 is 0 Å². The molecule has 0 saturated carbocycles. The molecule has 0 saturated heterocycles. The number of aryl methyl sites for hydroxylation is 1. The third kappa shape index (κ3) is 2.78. The molecule has 2 aromatic rings. The van der Waals surface area contributed by atoms with Crippen molar-refractivity contribution in [3.8, 4) is 11.3 Å². The van der Waals surface area contributed by atoms with Crippen LogP contribution in [0.1, 0.15) is 17.3 Å². The second-order valence-corrected chi connectivity index (χ2v) is 6.63. The van der Waals surface area contributed by atoms with Gasteiger partial charge in [-0.3, -0.25) is 9.59 Å². The Labute approximate surface area is 122 Å². The number of benzene rings is 1. The molecule has 0 spiro atoms. The Hall–Kier alpha value is -2.28. The number of hydrogen-bond donors (Lipinski definition) is 0. The van der Waals surface area contributed by atoms with Crippen molar-refractivity contribution >= 4 is 15.6 Å². The quantitative estimate of drug-likeness (QED) is 0.791. The zero-order chi connectivity index (χ0) is 15.8. The van der Waals surface area contributed by atoms with Crippen LogP contribution in [0.4, 0.5) is 0 Å². The van der Waals surface area contributed by atoms with Crippen LogP contribution in [0, 0.1) is 0 Å². The summed E-state index contributed by atoms with van der Waals surface area (Å²) in [6, 6.07) is 8.67. The lowest BCUT2D eigenvalue weighted by Gasteiger charge is -2.12. The Kier molecular flexibility index (Phi) is 3.78. The molecular formula is C14H14N2O4S. The molecule has 0 bridgehead atoms. The minimum absolute atomic E-state index is 0.160. The Morgan fingerprint density at radius 1 is 1.19 bits per heavy atom. The van der Waals surface area contributed by atoms with Gasteiger partial charge in [-0.2, -0.15) is 5.10 Å². The lowest BCUT2D eigenvalue weighted by atomic mass is 10.0. The summed E-state index contributed by atoms with van der Waals surface area (Å²) < 4.78 is 24.8. The molecule has 0 aliphatic rings. The van der Waals surface area contributed by atoms with E-state index in [1.54, 1.807) is 30.3 Å². The number of carbonyl (C=O) groups is 1. The first kappa shape index (κ1) is 15.1. The van der Waals surface area contributed by atoms with Crippen molar-refractivity contribution in [2.24, 2.45) is 7.05 Å². The van der Waals surface area contributed by atoms with E-state index in [0.29, 0.717) is 5.56 Å². The molecule has 1 aromatic heterocycles. The molecular weight excluding hydrogens is 292 g/mol. The molecule has 0 aliphatic carbocycles. The minimum Gasteiger partial charge on any atom is -0.294 e. The van der Waals surface area contributed by atoms with E-state index in [2.05, 4.69) is 5.10 Å². The van der Waals surface area contributed by atoms with E-state index in [9.17, 15) is 18.0 Å². The Morgan fingerprint density at radius 3 is 2.24 bits per heavy atom. The maximum Gasteiger partial charge on any atom is 0.286 e. The summed E-state index contributed by atoms with van der Waals surface area (Å²) in [5.74, 6) is -0.514. The van der Waals surface area contributed by atoms with Gasteiger partial charge in [0.2, 0.25) is 0 Å². The third-order valence-corrected chi connectivity index (χ3v) is 4.09. The van der Waals surface area contributed by atoms with Crippen molar-refractivity contribution in [3.63, 3.8) is 0 Å². The van der Waals surface area contributed by atoms with Crippen LogP contribution < -0.4 is 5.56 Å². The zero-order valence-corrected chi connectivity index (χ0v) is 12.6. The van der Waals surface area contributed by atoms with Crippen molar-refractivity contribution in [1.82, 2.24) is 9.78 Å². The maximum atomic E-state index is 12.1. The van der Waals surface area contributed by atoms with Gasteiger partial charge in [-0.1, -0.05) is 30.3 Å². The largest absolute Gasteiger partial charge is 0.294 e. The van der Waals surface area contributed by atoms with E-state index in [1.165, 1.54) is 14.0 Å². The van der Waals surface area contributed by atoms with Gasteiger partial charge in [0.05, 0.1) is 5.56 Å². The highest BCUT2D eigenvalue weighted by molar-refractivity contribution is 7.90. The van der Waals surface area contributed by atoms with Crippen LogP contribution >= 0.6 is 0 Å². The van der Waals surface area contributed by atoms with Crippen LogP contribution in [0.2, 0.25) is 0 Å². The summed E-state index contributed by atoms with van der Waals surface area (Å²) in [5.41, 5.74) is -0.206. The van der Waals surface area contributed by atoms with Crippen molar-refractivity contribution in [1.29, 1.82) is 0 Å². The molecule has 7 heteroatoms. The number of carbonyl (C=O) groups excluding carboxylic acids is 1. The summed E-state index contributed by atoms with van der Waals surface area (Å²) in [6.07, 6.45) is 0.908. The highest BCUT2D eigenvalue weighted by Gasteiger charge is 2.27. The predicted molar refractivity (Wildman–Crippen MR) is 78.0 cm³/mol. The van der Waals surface area contributed by atoms with Gasteiger partial charge in [0, 0.05) is 18.9 Å². The molecule has 0 aliphatic heterocycles. The number of ketones is 1. The first-order valence-corrected chi connectivity index (χ1v) is 8.00. The molecule has 1 heterocycles. The summed E-state index contributed by atoms with van der Waals surface area (Å²) in [4.78, 5) is 23.5. The fourth-order valence-electron chi connectivity index (χ4n) is 2.08. The number of nitrogens with zero attached hydrogens (tertiary/aromatic N) is 2. The second kappa shape index (κ2) is 5.25. The average molecular weight is 306 g/mol. The van der Waals surface area contributed by atoms with Gasteiger partial charge in [-0.25, -0.2) is 13.1 Å². The number of sulfone groups is 1. The molecule has 0 fully saturated rings. The van der Waals surface area contributed by atoms with Crippen molar-refractivity contribution < 1.29 is 13.2 Å². The first-order valence-electron chi connectivity index (χ1n) is 6.11. The van der Waals surface area contributed by atoms with Gasteiger partial charge in [-0.15, -0.1) is 0 Å². The SMILES string of the molecule is CC(=O)c1c(-c2ccccc2)nn(C)c(=O)c1S(C)(=O)=O.